The molecule has 1 aromatic carbocycles. The van der Waals surface area contributed by atoms with Crippen LogP contribution in [0.1, 0.15) is 18.4 Å². The number of thioether (sulfide) groups is 1. The second-order valence-electron chi connectivity index (χ2n) is 6.14. The number of likely N-dealkylation sites (N-methyl/N-ethyl adjacent to an activating group) is 1. The van der Waals surface area contributed by atoms with Gasteiger partial charge in [0.2, 0.25) is 0 Å². The zero-order valence-corrected chi connectivity index (χ0v) is 17.2. The SMILES string of the molecule is C[NH+](C)CCOC(=O)CCCN1C(=O)/C(=C/c2ccccc2Cl)SC1=S. The molecule has 0 aromatic heterocycles. The van der Waals surface area contributed by atoms with Crippen LogP contribution in [0.4, 0.5) is 0 Å². The van der Waals surface area contributed by atoms with Crippen molar-refractivity contribution in [1.29, 1.82) is 0 Å². The van der Waals surface area contributed by atoms with Gasteiger partial charge in [0.05, 0.1) is 19.0 Å². The molecule has 0 atom stereocenters. The molecule has 1 aliphatic heterocycles. The van der Waals surface area contributed by atoms with Crippen molar-refractivity contribution in [2.75, 3.05) is 33.8 Å². The first kappa shape index (κ1) is 20.9. The second-order valence-corrected chi connectivity index (χ2v) is 8.22. The molecule has 0 radical (unpaired) electrons. The van der Waals surface area contributed by atoms with Gasteiger partial charge in [0.15, 0.2) is 0 Å². The maximum absolute atomic E-state index is 12.5. The minimum atomic E-state index is -0.247. The molecule has 1 amide bonds. The van der Waals surface area contributed by atoms with E-state index in [1.165, 1.54) is 21.6 Å². The summed E-state index contributed by atoms with van der Waals surface area (Å²) >= 11 is 12.7. The van der Waals surface area contributed by atoms with E-state index in [-0.39, 0.29) is 18.3 Å². The van der Waals surface area contributed by atoms with Crippen LogP contribution in [0.15, 0.2) is 29.2 Å². The standard InChI is InChI=1S/C18H21ClN2O3S2/c1-20(2)10-11-24-16(22)8-5-9-21-17(23)15(26-18(21)25)12-13-6-3-4-7-14(13)19/h3-4,6-7,12H,5,8-11H2,1-2H3/p+1/b15-12-. The van der Waals surface area contributed by atoms with Gasteiger partial charge in [-0.25, -0.2) is 0 Å². The fourth-order valence-electron chi connectivity index (χ4n) is 2.25. The number of carbonyl (C=O) groups is 2. The summed E-state index contributed by atoms with van der Waals surface area (Å²) in [5.41, 5.74) is 0.779. The molecular formula is C18H22ClN2O3S2+. The first-order valence-corrected chi connectivity index (χ1v) is 9.93. The van der Waals surface area contributed by atoms with E-state index in [4.69, 9.17) is 28.6 Å². The highest BCUT2D eigenvalue weighted by molar-refractivity contribution is 8.26. The van der Waals surface area contributed by atoms with Crippen LogP contribution in [0.5, 0.6) is 0 Å². The van der Waals surface area contributed by atoms with Crippen molar-refractivity contribution in [3.63, 3.8) is 0 Å². The molecule has 1 heterocycles. The predicted molar refractivity (Wildman–Crippen MR) is 109 cm³/mol. The first-order valence-electron chi connectivity index (χ1n) is 8.33. The Bertz CT molecular complexity index is 722. The summed E-state index contributed by atoms with van der Waals surface area (Å²) in [5.74, 6) is -0.396. The van der Waals surface area contributed by atoms with E-state index in [9.17, 15) is 9.59 Å². The zero-order chi connectivity index (χ0) is 19.1. The van der Waals surface area contributed by atoms with Crippen molar-refractivity contribution in [2.24, 2.45) is 0 Å². The van der Waals surface area contributed by atoms with Gasteiger partial charge in [-0.2, -0.15) is 0 Å². The van der Waals surface area contributed by atoms with Crippen LogP contribution in [-0.4, -0.2) is 54.9 Å². The number of ether oxygens (including phenoxy) is 1. The van der Waals surface area contributed by atoms with Gasteiger partial charge in [-0.1, -0.05) is 53.8 Å². The number of rotatable bonds is 8. The topological polar surface area (TPSA) is 51.1 Å². The number of carbonyl (C=O) groups excluding carboxylic acids is 2. The lowest BCUT2D eigenvalue weighted by Crippen LogP contribution is -3.06. The molecule has 0 saturated carbocycles. The minimum absolute atomic E-state index is 0.149. The van der Waals surface area contributed by atoms with Crippen LogP contribution in [0, 0.1) is 0 Å². The van der Waals surface area contributed by atoms with Crippen LogP contribution < -0.4 is 4.90 Å². The van der Waals surface area contributed by atoms with Gasteiger partial charge < -0.3 is 9.64 Å². The number of amides is 1. The van der Waals surface area contributed by atoms with Crippen molar-refractivity contribution < 1.29 is 19.2 Å². The number of nitrogens with one attached hydrogen (secondary N) is 1. The molecule has 5 nitrogen and oxygen atoms in total. The Kier molecular flexibility index (Phi) is 8.09. The lowest BCUT2D eigenvalue weighted by Gasteiger charge is -2.14. The van der Waals surface area contributed by atoms with E-state index in [1.54, 1.807) is 12.1 Å². The fraction of sp³-hybridized carbons (Fsp3) is 0.389. The molecule has 0 aliphatic carbocycles. The molecule has 8 heteroatoms. The van der Waals surface area contributed by atoms with Gasteiger partial charge in [0.25, 0.3) is 5.91 Å². The van der Waals surface area contributed by atoms with Gasteiger partial charge in [-0.3, -0.25) is 14.5 Å². The molecular weight excluding hydrogens is 392 g/mol. The Hall–Kier alpha value is -1.41. The molecule has 140 valence electrons. The van der Waals surface area contributed by atoms with Gasteiger partial charge in [0.1, 0.15) is 17.5 Å². The normalized spacial score (nSPS) is 16.0. The fourth-order valence-corrected chi connectivity index (χ4v) is 3.74. The lowest BCUT2D eigenvalue weighted by atomic mass is 10.2. The number of nitrogens with zero attached hydrogens (tertiary/aromatic N) is 1. The van der Waals surface area contributed by atoms with E-state index < -0.39 is 0 Å². The van der Waals surface area contributed by atoms with E-state index in [1.807, 2.05) is 32.3 Å². The summed E-state index contributed by atoms with van der Waals surface area (Å²) in [6.07, 6.45) is 2.53. The van der Waals surface area contributed by atoms with Crippen molar-refractivity contribution in [1.82, 2.24) is 4.90 Å². The summed E-state index contributed by atoms with van der Waals surface area (Å²) in [6, 6.07) is 7.32. The number of hydrogen-bond acceptors (Lipinski definition) is 5. The lowest BCUT2D eigenvalue weighted by molar-refractivity contribution is -0.858. The van der Waals surface area contributed by atoms with Crippen molar-refractivity contribution in [3.05, 3.63) is 39.8 Å². The molecule has 1 aliphatic rings. The molecule has 1 fully saturated rings. The van der Waals surface area contributed by atoms with Crippen LogP contribution in [0.3, 0.4) is 0 Å². The number of thiocarbonyl (C=S) groups is 1. The van der Waals surface area contributed by atoms with Crippen LogP contribution >= 0.6 is 35.6 Å². The molecule has 2 rings (SSSR count). The highest BCUT2D eigenvalue weighted by Gasteiger charge is 2.31. The molecule has 0 spiro atoms. The van der Waals surface area contributed by atoms with E-state index in [0.717, 1.165) is 12.1 Å². The van der Waals surface area contributed by atoms with Gasteiger partial charge >= 0.3 is 5.97 Å². The number of benzene rings is 1. The summed E-state index contributed by atoms with van der Waals surface area (Å²) in [5, 5.41) is 0.583. The summed E-state index contributed by atoms with van der Waals surface area (Å²) in [7, 11) is 4.00. The maximum Gasteiger partial charge on any atom is 0.306 e. The van der Waals surface area contributed by atoms with Gasteiger partial charge in [0, 0.05) is 18.0 Å². The molecule has 1 aromatic rings. The number of halogens is 1. The van der Waals surface area contributed by atoms with E-state index >= 15 is 0 Å². The van der Waals surface area contributed by atoms with Gasteiger partial charge in [-0.15, -0.1) is 0 Å². The highest BCUT2D eigenvalue weighted by atomic mass is 35.5. The smallest absolute Gasteiger partial charge is 0.306 e. The zero-order valence-electron chi connectivity index (χ0n) is 14.8. The summed E-state index contributed by atoms with van der Waals surface area (Å²) in [6.45, 7) is 1.58. The summed E-state index contributed by atoms with van der Waals surface area (Å²) < 4.78 is 5.66. The molecule has 0 unspecified atom stereocenters. The quantitative estimate of drug-likeness (QED) is 0.401. The Labute approximate surface area is 168 Å². The van der Waals surface area contributed by atoms with Crippen LogP contribution in [-0.2, 0) is 14.3 Å². The van der Waals surface area contributed by atoms with E-state index in [0.29, 0.717) is 33.8 Å². The Morgan fingerprint density at radius 2 is 2.12 bits per heavy atom. The molecule has 26 heavy (non-hydrogen) atoms. The largest absolute Gasteiger partial charge is 0.460 e. The molecule has 0 bridgehead atoms. The minimum Gasteiger partial charge on any atom is -0.460 e. The number of esters is 1. The third-order valence-corrected chi connectivity index (χ3v) is 5.42. The third kappa shape index (κ3) is 6.09. The van der Waals surface area contributed by atoms with Gasteiger partial charge in [-0.05, 0) is 24.1 Å². The second kappa shape index (κ2) is 10.1. The van der Waals surface area contributed by atoms with Crippen molar-refractivity contribution >= 4 is 57.9 Å². The first-order chi connectivity index (χ1) is 12.4. The number of quaternary nitrogens is 1. The monoisotopic (exact) mass is 413 g/mol. The number of hydrogen-bond donors (Lipinski definition) is 1. The predicted octanol–water partition coefficient (Wildman–Crippen LogP) is 2.01. The average molecular weight is 414 g/mol. The Morgan fingerprint density at radius 3 is 2.81 bits per heavy atom. The van der Waals surface area contributed by atoms with E-state index in [2.05, 4.69) is 0 Å². The van der Waals surface area contributed by atoms with Crippen LogP contribution in [0.2, 0.25) is 5.02 Å². The summed E-state index contributed by atoms with van der Waals surface area (Å²) in [4.78, 5) is 27.5. The van der Waals surface area contributed by atoms with Crippen molar-refractivity contribution in [3.8, 4) is 0 Å². The van der Waals surface area contributed by atoms with Crippen molar-refractivity contribution in [2.45, 2.75) is 12.8 Å². The maximum atomic E-state index is 12.5. The molecule has 1 N–H and O–H groups in total. The van der Waals surface area contributed by atoms with Crippen LogP contribution in [0.25, 0.3) is 6.08 Å². The molecule has 1 saturated heterocycles. The Morgan fingerprint density at radius 1 is 1.38 bits per heavy atom. The average Bonchev–Trinajstić information content (AvgIpc) is 2.84. The third-order valence-electron chi connectivity index (χ3n) is 3.69. The highest BCUT2D eigenvalue weighted by Crippen LogP contribution is 2.33. The Balaban J connectivity index is 1.85.